The summed E-state index contributed by atoms with van der Waals surface area (Å²) in [5.74, 6) is -1.01. The van der Waals surface area contributed by atoms with Crippen LogP contribution in [0.4, 0.5) is 13.2 Å². The molecular weight excluding hydrogens is 195 g/mol. The van der Waals surface area contributed by atoms with Crippen LogP contribution in [0.1, 0.15) is 11.5 Å². The Bertz CT molecular complexity index is 472. The molecule has 3 nitrogen and oxygen atoms in total. The highest BCUT2D eigenvalue weighted by Crippen LogP contribution is 2.27. The zero-order chi connectivity index (χ0) is 10.3. The lowest BCUT2D eigenvalue weighted by molar-refractivity contribution is -0.144. The van der Waals surface area contributed by atoms with Crippen LogP contribution in [-0.4, -0.2) is 15.0 Å². The largest absolute Gasteiger partial charge is 0.449 e. The van der Waals surface area contributed by atoms with Crippen molar-refractivity contribution in [1.82, 2.24) is 15.0 Å². The molecule has 2 heterocycles. The molecule has 0 aliphatic carbocycles. The Morgan fingerprint density at radius 3 is 2.57 bits per heavy atom. The van der Waals surface area contributed by atoms with E-state index in [1.165, 1.54) is 6.07 Å². The summed E-state index contributed by atoms with van der Waals surface area (Å²) in [5.41, 5.74) is 1.03. The number of rotatable bonds is 0. The second-order valence-corrected chi connectivity index (χ2v) is 2.91. The number of nitrogens with one attached hydrogen (secondary N) is 1. The van der Waals surface area contributed by atoms with Crippen molar-refractivity contribution in [2.75, 3.05) is 0 Å². The van der Waals surface area contributed by atoms with Crippen molar-refractivity contribution in [3.63, 3.8) is 0 Å². The molecule has 0 aliphatic rings. The van der Waals surface area contributed by atoms with Gasteiger partial charge < -0.3 is 4.98 Å². The number of fused-ring (bicyclic) bond motifs is 1. The van der Waals surface area contributed by atoms with Gasteiger partial charge in [0.2, 0.25) is 5.82 Å². The number of aryl methyl sites for hydroxylation is 1. The summed E-state index contributed by atoms with van der Waals surface area (Å²) in [7, 11) is 0. The molecule has 0 atom stereocenters. The summed E-state index contributed by atoms with van der Waals surface area (Å²) in [4.78, 5) is 9.38. The lowest BCUT2D eigenvalue weighted by Crippen LogP contribution is -2.06. The molecule has 1 N–H and O–H groups in total. The van der Waals surface area contributed by atoms with Gasteiger partial charge in [0.15, 0.2) is 5.65 Å². The Labute approximate surface area is 77.0 Å². The monoisotopic (exact) mass is 201 g/mol. The first-order chi connectivity index (χ1) is 6.47. The van der Waals surface area contributed by atoms with E-state index in [1.54, 1.807) is 13.0 Å². The van der Waals surface area contributed by atoms with Crippen LogP contribution < -0.4 is 0 Å². The molecule has 0 spiro atoms. The third kappa shape index (κ3) is 1.43. The SMILES string of the molecule is Cc1ccc2[nH]c(C(F)(F)F)nc2n1. The molecule has 2 aromatic heterocycles. The summed E-state index contributed by atoms with van der Waals surface area (Å²) < 4.78 is 36.6. The maximum atomic E-state index is 12.2. The van der Waals surface area contributed by atoms with E-state index in [9.17, 15) is 13.2 Å². The van der Waals surface area contributed by atoms with Crippen LogP contribution in [-0.2, 0) is 6.18 Å². The highest BCUT2D eigenvalue weighted by molar-refractivity contribution is 5.70. The molecule has 0 bridgehead atoms. The van der Waals surface area contributed by atoms with Gasteiger partial charge in [-0.25, -0.2) is 9.97 Å². The highest BCUT2D eigenvalue weighted by atomic mass is 19.4. The number of aromatic amines is 1. The Balaban J connectivity index is 2.63. The van der Waals surface area contributed by atoms with Crippen molar-refractivity contribution in [1.29, 1.82) is 0 Å². The number of hydrogen-bond acceptors (Lipinski definition) is 2. The van der Waals surface area contributed by atoms with Gasteiger partial charge in [0.25, 0.3) is 0 Å². The zero-order valence-corrected chi connectivity index (χ0v) is 7.18. The molecule has 0 unspecified atom stereocenters. The number of aromatic nitrogens is 3. The van der Waals surface area contributed by atoms with Gasteiger partial charge in [-0.15, -0.1) is 0 Å². The van der Waals surface area contributed by atoms with E-state index in [4.69, 9.17) is 0 Å². The normalized spacial score (nSPS) is 12.3. The van der Waals surface area contributed by atoms with Crippen LogP contribution in [0, 0.1) is 6.92 Å². The van der Waals surface area contributed by atoms with Crippen LogP contribution in [0.25, 0.3) is 11.2 Å². The van der Waals surface area contributed by atoms with Gasteiger partial charge in [-0.1, -0.05) is 0 Å². The summed E-state index contributed by atoms with van der Waals surface area (Å²) in [6.07, 6.45) is -4.45. The maximum absolute atomic E-state index is 12.2. The number of imidazole rings is 1. The van der Waals surface area contributed by atoms with Crippen LogP contribution in [0.2, 0.25) is 0 Å². The molecule has 14 heavy (non-hydrogen) atoms. The summed E-state index contributed by atoms with van der Waals surface area (Å²) in [5, 5.41) is 0. The fraction of sp³-hybridized carbons (Fsp3) is 0.250. The number of hydrogen-bond donors (Lipinski definition) is 1. The minimum atomic E-state index is -4.45. The summed E-state index contributed by atoms with van der Waals surface area (Å²) in [6, 6.07) is 3.15. The fourth-order valence-electron chi connectivity index (χ4n) is 1.12. The van der Waals surface area contributed by atoms with Gasteiger partial charge in [0.05, 0.1) is 5.52 Å². The van der Waals surface area contributed by atoms with E-state index >= 15 is 0 Å². The first kappa shape index (κ1) is 8.98. The predicted molar refractivity (Wildman–Crippen MR) is 43.6 cm³/mol. The number of alkyl halides is 3. The van der Waals surface area contributed by atoms with Crippen molar-refractivity contribution in [3.8, 4) is 0 Å². The van der Waals surface area contributed by atoms with E-state index in [-0.39, 0.29) is 5.65 Å². The molecule has 2 aromatic rings. The van der Waals surface area contributed by atoms with Gasteiger partial charge in [-0.05, 0) is 19.1 Å². The van der Waals surface area contributed by atoms with Crippen LogP contribution in [0.5, 0.6) is 0 Å². The Morgan fingerprint density at radius 2 is 1.93 bits per heavy atom. The van der Waals surface area contributed by atoms with Gasteiger partial charge >= 0.3 is 6.18 Å². The Hall–Kier alpha value is -1.59. The topological polar surface area (TPSA) is 41.6 Å². The highest BCUT2D eigenvalue weighted by Gasteiger charge is 2.34. The molecule has 0 amide bonds. The van der Waals surface area contributed by atoms with Gasteiger partial charge in [0, 0.05) is 5.69 Å². The van der Waals surface area contributed by atoms with E-state index in [0.717, 1.165) is 0 Å². The molecule has 2 rings (SSSR count). The molecule has 0 fully saturated rings. The lowest BCUT2D eigenvalue weighted by atomic mass is 10.4. The smallest absolute Gasteiger partial charge is 0.333 e. The summed E-state index contributed by atoms with van der Waals surface area (Å²) in [6.45, 7) is 1.70. The maximum Gasteiger partial charge on any atom is 0.449 e. The van der Waals surface area contributed by atoms with E-state index in [2.05, 4.69) is 15.0 Å². The quantitative estimate of drug-likeness (QED) is 0.710. The van der Waals surface area contributed by atoms with Gasteiger partial charge in [-0.2, -0.15) is 13.2 Å². The van der Waals surface area contributed by atoms with E-state index < -0.39 is 12.0 Å². The van der Waals surface area contributed by atoms with Crippen LogP contribution >= 0.6 is 0 Å². The summed E-state index contributed by atoms with van der Waals surface area (Å²) >= 11 is 0. The van der Waals surface area contributed by atoms with Crippen LogP contribution in [0.3, 0.4) is 0 Å². The predicted octanol–water partition coefficient (Wildman–Crippen LogP) is 2.29. The first-order valence-electron chi connectivity index (χ1n) is 3.87. The van der Waals surface area contributed by atoms with E-state index in [1.807, 2.05) is 0 Å². The molecule has 0 radical (unpaired) electrons. The van der Waals surface area contributed by atoms with Crippen molar-refractivity contribution < 1.29 is 13.2 Å². The average molecular weight is 201 g/mol. The molecule has 0 saturated carbocycles. The lowest BCUT2D eigenvalue weighted by Gasteiger charge is -1.98. The zero-order valence-electron chi connectivity index (χ0n) is 7.18. The van der Waals surface area contributed by atoms with Gasteiger partial charge in [-0.3, -0.25) is 0 Å². The number of H-pyrrole nitrogens is 1. The van der Waals surface area contributed by atoms with Crippen molar-refractivity contribution in [2.24, 2.45) is 0 Å². The third-order valence-electron chi connectivity index (χ3n) is 1.75. The molecule has 0 aliphatic heterocycles. The minimum absolute atomic E-state index is 0.0947. The van der Waals surface area contributed by atoms with Crippen molar-refractivity contribution >= 4 is 11.2 Å². The van der Waals surface area contributed by atoms with Crippen molar-refractivity contribution in [2.45, 2.75) is 13.1 Å². The molecule has 74 valence electrons. The Morgan fingerprint density at radius 1 is 1.21 bits per heavy atom. The second kappa shape index (κ2) is 2.70. The minimum Gasteiger partial charge on any atom is -0.333 e. The fourth-order valence-corrected chi connectivity index (χ4v) is 1.12. The average Bonchev–Trinajstić information content (AvgIpc) is 2.45. The molecule has 6 heteroatoms. The second-order valence-electron chi connectivity index (χ2n) is 2.91. The van der Waals surface area contributed by atoms with Gasteiger partial charge in [0.1, 0.15) is 0 Å². The van der Waals surface area contributed by atoms with Crippen LogP contribution in [0.15, 0.2) is 12.1 Å². The number of pyridine rings is 1. The first-order valence-corrected chi connectivity index (χ1v) is 3.87. The molecular formula is C8H6F3N3. The standard InChI is InChI=1S/C8H6F3N3/c1-4-2-3-5-6(12-4)14-7(13-5)8(9,10)11/h2-3H,1H3,(H,12,13,14). The number of halogens is 3. The Kier molecular flexibility index (Phi) is 1.73. The third-order valence-corrected chi connectivity index (χ3v) is 1.75. The van der Waals surface area contributed by atoms with E-state index in [0.29, 0.717) is 11.2 Å². The molecule has 0 saturated heterocycles. The molecule has 0 aromatic carbocycles. The number of nitrogens with zero attached hydrogens (tertiary/aromatic N) is 2. The van der Waals surface area contributed by atoms with Crippen molar-refractivity contribution in [3.05, 3.63) is 23.7 Å².